The molecule has 224 valence electrons. The summed E-state index contributed by atoms with van der Waals surface area (Å²) < 4.78 is 46.0. The molecule has 0 unspecified atom stereocenters. The molecule has 0 aliphatic carbocycles. The fourth-order valence-electron chi connectivity index (χ4n) is 4.37. The van der Waals surface area contributed by atoms with E-state index in [0.29, 0.717) is 54.6 Å². The normalized spacial score (nSPS) is 13.1. The van der Waals surface area contributed by atoms with Crippen molar-refractivity contribution in [2.45, 2.75) is 13.1 Å². The van der Waals surface area contributed by atoms with Crippen molar-refractivity contribution in [3.8, 4) is 22.5 Å². The standard InChI is InChI=1S/C29H26F3N7O3.ClH/c1-18(40)35-22-4-2-3-19(13-22)25-6-5-20(17-34-25)26-7-8-33-27(37-26)38-28(41)36-23-14-21(29(30,31)32)15-24(16-23)39-9-11-42-12-10-39;/h2-8,13-17H,9-12H2,1H3,(H,35,40)(H2,33,36,37,38,41);1H. The number of benzene rings is 2. The molecule has 14 heteroatoms. The molecule has 1 aliphatic heterocycles. The smallest absolute Gasteiger partial charge is 0.378 e. The minimum absolute atomic E-state index is 0. The molecule has 0 radical (unpaired) electrons. The van der Waals surface area contributed by atoms with Gasteiger partial charge in [-0.3, -0.25) is 15.1 Å². The fourth-order valence-corrected chi connectivity index (χ4v) is 4.37. The quantitative estimate of drug-likeness (QED) is 0.241. The number of hydrogen-bond acceptors (Lipinski definition) is 7. The molecule has 2 aromatic carbocycles. The second-order valence-electron chi connectivity index (χ2n) is 9.40. The van der Waals surface area contributed by atoms with Gasteiger partial charge in [0.15, 0.2) is 0 Å². The minimum atomic E-state index is -4.59. The van der Waals surface area contributed by atoms with Gasteiger partial charge in [0.2, 0.25) is 11.9 Å². The summed E-state index contributed by atoms with van der Waals surface area (Å²) in [5.74, 6) is -0.220. The number of rotatable bonds is 6. The first-order valence-electron chi connectivity index (χ1n) is 12.9. The number of carbonyl (C=O) groups excluding carboxylic acids is 2. The molecule has 1 fully saturated rings. The third-order valence-electron chi connectivity index (χ3n) is 6.30. The molecular formula is C29H27ClF3N7O3. The zero-order chi connectivity index (χ0) is 29.7. The molecule has 2 aromatic heterocycles. The molecule has 3 amide bonds. The Morgan fingerprint density at radius 2 is 1.65 bits per heavy atom. The molecule has 1 saturated heterocycles. The van der Waals surface area contributed by atoms with Crippen molar-refractivity contribution >= 4 is 47.4 Å². The number of urea groups is 1. The summed E-state index contributed by atoms with van der Waals surface area (Å²) in [6.07, 6.45) is -1.53. The Hall–Kier alpha value is -4.75. The van der Waals surface area contributed by atoms with E-state index in [9.17, 15) is 22.8 Å². The highest BCUT2D eigenvalue weighted by molar-refractivity contribution is 5.99. The maximum absolute atomic E-state index is 13.6. The number of morpholine rings is 1. The van der Waals surface area contributed by atoms with Crippen LogP contribution in [0.5, 0.6) is 0 Å². The number of pyridine rings is 1. The van der Waals surface area contributed by atoms with Crippen LogP contribution in [0, 0.1) is 0 Å². The van der Waals surface area contributed by atoms with E-state index in [0.717, 1.165) is 17.7 Å². The third-order valence-corrected chi connectivity index (χ3v) is 6.30. The van der Waals surface area contributed by atoms with Gasteiger partial charge in [0.05, 0.1) is 30.2 Å². The summed E-state index contributed by atoms with van der Waals surface area (Å²) in [6.45, 7) is 3.11. The summed E-state index contributed by atoms with van der Waals surface area (Å²) in [6, 6.07) is 15.1. The molecule has 1 aliphatic rings. The van der Waals surface area contributed by atoms with E-state index in [1.807, 2.05) is 18.2 Å². The van der Waals surface area contributed by atoms with Crippen molar-refractivity contribution in [2.24, 2.45) is 0 Å². The van der Waals surface area contributed by atoms with Crippen LogP contribution in [0.3, 0.4) is 0 Å². The first-order valence-corrected chi connectivity index (χ1v) is 12.9. The monoisotopic (exact) mass is 613 g/mol. The van der Waals surface area contributed by atoms with Crippen LogP contribution >= 0.6 is 12.4 Å². The van der Waals surface area contributed by atoms with Crippen LogP contribution in [0.2, 0.25) is 0 Å². The van der Waals surface area contributed by atoms with Gasteiger partial charge < -0.3 is 20.3 Å². The van der Waals surface area contributed by atoms with Crippen molar-refractivity contribution in [1.82, 2.24) is 15.0 Å². The molecule has 0 bridgehead atoms. The van der Waals surface area contributed by atoms with E-state index in [-0.39, 0.29) is 29.9 Å². The van der Waals surface area contributed by atoms with Gasteiger partial charge in [-0.2, -0.15) is 13.2 Å². The summed E-state index contributed by atoms with van der Waals surface area (Å²) in [5.41, 5.74) is 2.68. The lowest BCUT2D eigenvalue weighted by Gasteiger charge is -2.29. The van der Waals surface area contributed by atoms with Gasteiger partial charge in [0.1, 0.15) is 0 Å². The predicted octanol–water partition coefficient (Wildman–Crippen LogP) is 6.09. The average Bonchev–Trinajstić information content (AvgIpc) is 2.97. The third kappa shape index (κ3) is 8.17. The molecule has 0 atom stereocenters. The van der Waals surface area contributed by atoms with Gasteiger partial charge in [0.25, 0.3) is 0 Å². The Balaban J connectivity index is 0.00000423. The van der Waals surface area contributed by atoms with Crippen molar-refractivity contribution in [1.29, 1.82) is 0 Å². The number of carbonyl (C=O) groups is 2. The second kappa shape index (κ2) is 13.5. The van der Waals surface area contributed by atoms with Crippen LogP contribution in [0.1, 0.15) is 12.5 Å². The highest BCUT2D eigenvalue weighted by Gasteiger charge is 2.32. The molecule has 3 heterocycles. The number of alkyl halides is 3. The average molecular weight is 614 g/mol. The number of amides is 3. The lowest BCUT2D eigenvalue weighted by Crippen LogP contribution is -2.36. The summed E-state index contributed by atoms with van der Waals surface area (Å²) >= 11 is 0. The van der Waals surface area contributed by atoms with Crippen LogP contribution in [0.15, 0.2) is 73.1 Å². The number of ether oxygens (including phenoxy) is 1. The maximum Gasteiger partial charge on any atom is 0.416 e. The molecule has 10 nitrogen and oxygen atoms in total. The summed E-state index contributed by atoms with van der Waals surface area (Å²) in [5, 5.41) is 7.67. The van der Waals surface area contributed by atoms with Crippen LogP contribution in [0.25, 0.3) is 22.5 Å². The SMILES string of the molecule is CC(=O)Nc1cccc(-c2ccc(-c3ccnc(NC(=O)Nc4cc(N5CCOCC5)cc(C(F)(F)F)c4)n3)cn2)c1.Cl. The Bertz CT molecular complexity index is 1600. The Morgan fingerprint density at radius 1 is 0.860 bits per heavy atom. The van der Waals surface area contributed by atoms with E-state index >= 15 is 0 Å². The lowest BCUT2D eigenvalue weighted by atomic mass is 10.1. The number of aromatic nitrogens is 3. The highest BCUT2D eigenvalue weighted by Crippen LogP contribution is 2.35. The molecule has 4 aromatic rings. The van der Waals surface area contributed by atoms with Crippen molar-refractivity contribution in [3.63, 3.8) is 0 Å². The van der Waals surface area contributed by atoms with E-state index < -0.39 is 17.8 Å². The van der Waals surface area contributed by atoms with Crippen LogP contribution < -0.4 is 20.9 Å². The topological polar surface area (TPSA) is 121 Å². The van der Waals surface area contributed by atoms with Crippen molar-refractivity contribution in [2.75, 3.05) is 47.2 Å². The van der Waals surface area contributed by atoms with Gasteiger partial charge >= 0.3 is 12.2 Å². The van der Waals surface area contributed by atoms with Crippen LogP contribution in [0.4, 0.5) is 41.0 Å². The predicted molar refractivity (Wildman–Crippen MR) is 159 cm³/mol. The largest absolute Gasteiger partial charge is 0.416 e. The minimum Gasteiger partial charge on any atom is -0.378 e. The fraction of sp³-hybridized carbons (Fsp3) is 0.207. The van der Waals surface area contributed by atoms with Crippen LogP contribution in [-0.4, -0.2) is 53.2 Å². The Kier molecular flexibility index (Phi) is 9.78. The molecule has 43 heavy (non-hydrogen) atoms. The molecular weight excluding hydrogens is 587 g/mol. The Labute approximate surface area is 251 Å². The maximum atomic E-state index is 13.6. The molecule has 0 spiro atoms. The van der Waals surface area contributed by atoms with E-state index in [4.69, 9.17) is 4.74 Å². The number of hydrogen-bond donors (Lipinski definition) is 3. The molecule has 3 N–H and O–H groups in total. The van der Waals surface area contributed by atoms with Gasteiger partial charge in [-0.05, 0) is 48.5 Å². The molecule has 0 saturated carbocycles. The van der Waals surface area contributed by atoms with Gasteiger partial charge in [0, 0.05) is 60.6 Å². The van der Waals surface area contributed by atoms with E-state index in [1.165, 1.54) is 19.2 Å². The number of halogens is 4. The zero-order valence-corrected chi connectivity index (χ0v) is 23.6. The van der Waals surface area contributed by atoms with Crippen LogP contribution in [-0.2, 0) is 15.7 Å². The summed E-state index contributed by atoms with van der Waals surface area (Å²) in [7, 11) is 0. The van der Waals surface area contributed by atoms with E-state index in [2.05, 4.69) is 30.9 Å². The highest BCUT2D eigenvalue weighted by atomic mass is 35.5. The van der Waals surface area contributed by atoms with Gasteiger partial charge in [-0.15, -0.1) is 12.4 Å². The van der Waals surface area contributed by atoms with Crippen molar-refractivity contribution in [3.05, 3.63) is 78.6 Å². The molecule has 5 rings (SSSR count). The van der Waals surface area contributed by atoms with Gasteiger partial charge in [-0.25, -0.2) is 14.8 Å². The first-order chi connectivity index (χ1) is 20.1. The second-order valence-corrected chi connectivity index (χ2v) is 9.40. The first kappa shape index (κ1) is 31.2. The summed E-state index contributed by atoms with van der Waals surface area (Å²) in [4.78, 5) is 38.7. The van der Waals surface area contributed by atoms with Gasteiger partial charge in [-0.1, -0.05) is 12.1 Å². The van der Waals surface area contributed by atoms with E-state index in [1.54, 1.807) is 35.4 Å². The lowest BCUT2D eigenvalue weighted by molar-refractivity contribution is -0.137. The Morgan fingerprint density at radius 3 is 2.35 bits per heavy atom. The number of anilines is 4. The van der Waals surface area contributed by atoms with Crippen molar-refractivity contribution < 1.29 is 27.5 Å². The number of nitrogens with one attached hydrogen (secondary N) is 3. The zero-order valence-electron chi connectivity index (χ0n) is 22.8. The number of nitrogens with zero attached hydrogens (tertiary/aromatic N) is 4.